The zero-order chi connectivity index (χ0) is 13.8. The zero-order valence-electron chi connectivity index (χ0n) is 10.1. The van der Waals surface area contributed by atoms with E-state index >= 15 is 0 Å². The maximum Gasteiger partial charge on any atom is 0.356 e. The first-order valence-electron chi connectivity index (χ1n) is 5.60. The predicted molar refractivity (Wildman–Crippen MR) is 70.6 cm³/mol. The first-order chi connectivity index (χ1) is 9.11. The lowest BCUT2D eigenvalue weighted by Gasteiger charge is -2.10. The Labute approximate surface area is 114 Å². The standard InChI is InChI=1S/C13H11ClN2O3/c1-2-19-12-4-3-8(14)5-9(12)10-6-15-7-11(16-10)13(17)18/h3-7H,2H2,1H3,(H,17,18). The van der Waals surface area contributed by atoms with E-state index in [1.54, 1.807) is 18.2 Å². The molecule has 1 heterocycles. The SMILES string of the molecule is CCOc1ccc(Cl)cc1-c1cncc(C(=O)O)n1. The van der Waals surface area contributed by atoms with Crippen molar-refractivity contribution >= 4 is 17.6 Å². The third-order valence-electron chi connectivity index (χ3n) is 2.37. The molecule has 0 saturated carbocycles. The van der Waals surface area contributed by atoms with Gasteiger partial charge in [-0.1, -0.05) is 11.6 Å². The number of hydrogen-bond acceptors (Lipinski definition) is 4. The number of hydrogen-bond donors (Lipinski definition) is 1. The molecule has 0 atom stereocenters. The van der Waals surface area contributed by atoms with Crippen molar-refractivity contribution in [2.75, 3.05) is 6.61 Å². The van der Waals surface area contributed by atoms with E-state index < -0.39 is 5.97 Å². The van der Waals surface area contributed by atoms with Crippen molar-refractivity contribution in [3.05, 3.63) is 41.3 Å². The Morgan fingerprint density at radius 3 is 2.89 bits per heavy atom. The zero-order valence-corrected chi connectivity index (χ0v) is 10.9. The Kier molecular flexibility index (Phi) is 3.97. The molecule has 0 bridgehead atoms. The summed E-state index contributed by atoms with van der Waals surface area (Å²) < 4.78 is 5.47. The lowest BCUT2D eigenvalue weighted by atomic mass is 10.1. The summed E-state index contributed by atoms with van der Waals surface area (Å²) in [7, 11) is 0. The van der Waals surface area contributed by atoms with Crippen molar-refractivity contribution < 1.29 is 14.6 Å². The van der Waals surface area contributed by atoms with E-state index in [1.165, 1.54) is 12.4 Å². The molecule has 0 spiro atoms. The maximum atomic E-state index is 10.9. The van der Waals surface area contributed by atoms with Gasteiger partial charge in [-0.2, -0.15) is 0 Å². The summed E-state index contributed by atoms with van der Waals surface area (Å²) in [6.45, 7) is 2.35. The van der Waals surface area contributed by atoms with Gasteiger partial charge in [-0.15, -0.1) is 0 Å². The molecular formula is C13H11ClN2O3. The Morgan fingerprint density at radius 2 is 2.21 bits per heavy atom. The number of benzene rings is 1. The second-order valence-electron chi connectivity index (χ2n) is 3.67. The van der Waals surface area contributed by atoms with Crippen LogP contribution in [0.4, 0.5) is 0 Å². The van der Waals surface area contributed by atoms with Gasteiger partial charge in [0.2, 0.25) is 0 Å². The van der Waals surface area contributed by atoms with Crippen LogP contribution in [0.15, 0.2) is 30.6 Å². The average Bonchev–Trinajstić information content (AvgIpc) is 2.41. The molecule has 0 aliphatic rings. The smallest absolute Gasteiger partial charge is 0.356 e. The van der Waals surface area contributed by atoms with Crippen molar-refractivity contribution in [2.45, 2.75) is 6.92 Å². The Morgan fingerprint density at radius 1 is 1.42 bits per heavy atom. The number of nitrogens with zero attached hydrogens (tertiary/aromatic N) is 2. The van der Waals surface area contributed by atoms with E-state index in [0.29, 0.717) is 28.6 Å². The largest absolute Gasteiger partial charge is 0.493 e. The highest BCUT2D eigenvalue weighted by molar-refractivity contribution is 6.30. The molecule has 0 fully saturated rings. The molecule has 2 rings (SSSR count). The number of aromatic carboxylic acids is 1. The van der Waals surface area contributed by atoms with Crippen LogP contribution in [0, 0.1) is 0 Å². The van der Waals surface area contributed by atoms with Crippen LogP contribution in [0.2, 0.25) is 5.02 Å². The van der Waals surface area contributed by atoms with Crippen molar-refractivity contribution in [3.63, 3.8) is 0 Å². The molecule has 1 N–H and O–H groups in total. The number of carbonyl (C=O) groups is 1. The van der Waals surface area contributed by atoms with Crippen LogP contribution < -0.4 is 4.74 Å². The van der Waals surface area contributed by atoms with E-state index in [9.17, 15) is 4.79 Å². The summed E-state index contributed by atoms with van der Waals surface area (Å²) in [4.78, 5) is 18.8. The molecule has 0 radical (unpaired) electrons. The first kappa shape index (κ1) is 13.3. The molecule has 0 aliphatic carbocycles. The van der Waals surface area contributed by atoms with Crippen LogP contribution in [0.25, 0.3) is 11.3 Å². The molecule has 19 heavy (non-hydrogen) atoms. The predicted octanol–water partition coefficient (Wildman–Crippen LogP) is 2.89. The molecule has 5 nitrogen and oxygen atoms in total. The average molecular weight is 279 g/mol. The van der Waals surface area contributed by atoms with Gasteiger partial charge in [-0.3, -0.25) is 4.98 Å². The van der Waals surface area contributed by atoms with Crippen molar-refractivity contribution in [3.8, 4) is 17.0 Å². The van der Waals surface area contributed by atoms with Gasteiger partial charge in [0.15, 0.2) is 5.69 Å². The fourth-order valence-electron chi connectivity index (χ4n) is 1.58. The van der Waals surface area contributed by atoms with E-state index in [2.05, 4.69) is 9.97 Å². The summed E-state index contributed by atoms with van der Waals surface area (Å²) in [6.07, 6.45) is 2.66. The molecule has 0 aliphatic heterocycles. The van der Waals surface area contributed by atoms with Crippen molar-refractivity contribution in [2.24, 2.45) is 0 Å². The van der Waals surface area contributed by atoms with Crippen LogP contribution in [0.3, 0.4) is 0 Å². The van der Waals surface area contributed by atoms with Gasteiger partial charge in [0.25, 0.3) is 0 Å². The van der Waals surface area contributed by atoms with Crippen LogP contribution >= 0.6 is 11.6 Å². The number of rotatable bonds is 4. The minimum absolute atomic E-state index is 0.125. The van der Waals surface area contributed by atoms with E-state index in [-0.39, 0.29) is 5.69 Å². The van der Waals surface area contributed by atoms with Gasteiger partial charge in [0.1, 0.15) is 5.75 Å². The minimum atomic E-state index is -1.13. The maximum absolute atomic E-state index is 10.9. The third-order valence-corrected chi connectivity index (χ3v) is 2.61. The van der Waals surface area contributed by atoms with E-state index in [4.69, 9.17) is 21.4 Å². The van der Waals surface area contributed by atoms with Gasteiger partial charge in [0, 0.05) is 10.6 Å². The lowest BCUT2D eigenvalue weighted by Crippen LogP contribution is -2.03. The Bertz CT molecular complexity index is 617. The molecule has 6 heteroatoms. The fraction of sp³-hybridized carbons (Fsp3) is 0.154. The molecular weight excluding hydrogens is 268 g/mol. The highest BCUT2D eigenvalue weighted by Gasteiger charge is 2.12. The van der Waals surface area contributed by atoms with Gasteiger partial charge in [-0.05, 0) is 25.1 Å². The summed E-state index contributed by atoms with van der Waals surface area (Å²) in [6, 6.07) is 5.09. The van der Waals surface area contributed by atoms with Crippen molar-refractivity contribution in [1.29, 1.82) is 0 Å². The number of halogens is 1. The fourth-order valence-corrected chi connectivity index (χ4v) is 1.75. The Hall–Kier alpha value is -2.14. The quantitative estimate of drug-likeness (QED) is 0.931. The number of aromatic nitrogens is 2. The van der Waals surface area contributed by atoms with Crippen molar-refractivity contribution in [1.82, 2.24) is 9.97 Å². The van der Waals surface area contributed by atoms with Crippen LogP contribution in [0.1, 0.15) is 17.4 Å². The molecule has 2 aromatic rings. The molecule has 0 saturated heterocycles. The molecule has 1 aromatic carbocycles. The van der Waals surface area contributed by atoms with E-state index in [0.717, 1.165) is 0 Å². The number of carboxylic acids is 1. The van der Waals surface area contributed by atoms with Gasteiger partial charge < -0.3 is 9.84 Å². The summed E-state index contributed by atoms with van der Waals surface area (Å²) in [5, 5.41) is 9.44. The van der Waals surface area contributed by atoms with Gasteiger partial charge in [0.05, 0.1) is 24.7 Å². The minimum Gasteiger partial charge on any atom is -0.493 e. The number of carboxylic acid groups (broad SMARTS) is 1. The lowest BCUT2D eigenvalue weighted by molar-refractivity contribution is 0.0690. The second kappa shape index (κ2) is 5.67. The van der Waals surface area contributed by atoms with Gasteiger partial charge >= 0.3 is 5.97 Å². The first-order valence-corrected chi connectivity index (χ1v) is 5.97. The molecule has 0 unspecified atom stereocenters. The molecule has 0 amide bonds. The summed E-state index contributed by atoms with van der Waals surface area (Å²) in [5.74, 6) is -0.543. The van der Waals surface area contributed by atoms with E-state index in [1.807, 2.05) is 6.92 Å². The topological polar surface area (TPSA) is 72.3 Å². The highest BCUT2D eigenvalue weighted by atomic mass is 35.5. The van der Waals surface area contributed by atoms with Gasteiger partial charge in [-0.25, -0.2) is 9.78 Å². The molecule has 1 aromatic heterocycles. The second-order valence-corrected chi connectivity index (χ2v) is 4.10. The summed E-state index contributed by atoms with van der Waals surface area (Å²) in [5.41, 5.74) is 0.899. The monoisotopic (exact) mass is 278 g/mol. The van der Waals surface area contributed by atoms with Crippen LogP contribution in [-0.2, 0) is 0 Å². The van der Waals surface area contributed by atoms with Crippen LogP contribution in [0.5, 0.6) is 5.75 Å². The molecule has 98 valence electrons. The van der Waals surface area contributed by atoms with Crippen LogP contribution in [-0.4, -0.2) is 27.7 Å². The Balaban J connectivity index is 2.53. The highest BCUT2D eigenvalue weighted by Crippen LogP contribution is 2.31. The summed E-state index contributed by atoms with van der Waals surface area (Å²) >= 11 is 5.95. The third kappa shape index (κ3) is 3.00. The number of ether oxygens (including phenoxy) is 1. The normalized spacial score (nSPS) is 10.2.